The van der Waals surface area contributed by atoms with Crippen molar-refractivity contribution >= 4 is 27.4 Å². The second-order valence-electron chi connectivity index (χ2n) is 8.19. The minimum Gasteiger partial charge on any atom is -0.508 e. The number of thiophene rings is 1. The molecule has 33 heavy (non-hydrogen) atoms. The molecule has 0 fully saturated rings. The summed E-state index contributed by atoms with van der Waals surface area (Å²) in [6.07, 6.45) is 0.573. The van der Waals surface area contributed by atoms with Crippen LogP contribution in [0.1, 0.15) is 37.3 Å². The van der Waals surface area contributed by atoms with E-state index in [2.05, 4.69) is 26.0 Å². The number of carboxylic acid groups (broad SMARTS) is 1. The molecule has 0 bridgehead atoms. The molecule has 0 saturated carbocycles. The van der Waals surface area contributed by atoms with Gasteiger partial charge in [-0.05, 0) is 77.6 Å². The van der Waals surface area contributed by atoms with Gasteiger partial charge >= 0.3 is 5.97 Å². The summed E-state index contributed by atoms with van der Waals surface area (Å²) in [5.41, 5.74) is 3.17. The predicted molar refractivity (Wildman–Crippen MR) is 132 cm³/mol. The summed E-state index contributed by atoms with van der Waals surface area (Å²) in [4.78, 5) is 11.8. The maximum Gasteiger partial charge on any atom is 0.303 e. The van der Waals surface area contributed by atoms with Crippen LogP contribution in [0.5, 0.6) is 23.0 Å². The number of aryl methyl sites for hydroxylation is 1. The lowest BCUT2D eigenvalue weighted by Crippen LogP contribution is -1.97. The first-order valence-corrected chi connectivity index (χ1v) is 11.6. The molecule has 6 heteroatoms. The fraction of sp³-hybridized carbons (Fsp3) is 0.222. The maximum atomic E-state index is 10.8. The van der Waals surface area contributed by atoms with Crippen LogP contribution < -0.4 is 9.47 Å². The molecule has 0 atom stereocenters. The van der Waals surface area contributed by atoms with Crippen LogP contribution in [0.2, 0.25) is 0 Å². The van der Waals surface area contributed by atoms with E-state index in [9.17, 15) is 9.90 Å². The van der Waals surface area contributed by atoms with Gasteiger partial charge in [0.1, 0.15) is 17.2 Å². The van der Waals surface area contributed by atoms with Crippen LogP contribution in [0.15, 0.2) is 60.7 Å². The number of carboxylic acids is 1. The van der Waals surface area contributed by atoms with Crippen LogP contribution in [-0.4, -0.2) is 23.3 Å². The maximum absolute atomic E-state index is 10.8. The van der Waals surface area contributed by atoms with E-state index in [1.165, 1.54) is 0 Å². The van der Waals surface area contributed by atoms with Crippen LogP contribution in [0.25, 0.3) is 20.5 Å². The molecule has 0 saturated heterocycles. The van der Waals surface area contributed by atoms with Crippen molar-refractivity contribution in [1.82, 2.24) is 0 Å². The Labute approximate surface area is 196 Å². The third-order valence-electron chi connectivity index (χ3n) is 5.52. The highest BCUT2D eigenvalue weighted by atomic mass is 32.1. The number of rotatable bonds is 8. The molecule has 2 N–H and O–H groups in total. The third-order valence-corrected chi connectivity index (χ3v) is 6.69. The lowest BCUT2D eigenvalue weighted by molar-refractivity contribution is -0.136. The van der Waals surface area contributed by atoms with Gasteiger partial charge in [0.25, 0.3) is 0 Å². The Bertz CT molecular complexity index is 1290. The van der Waals surface area contributed by atoms with Gasteiger partial charge in [0, 0.05) is 16.5 Å². The number of phenolic OH excluding ortho intramolecular Hbond substituents is 1. The van der Waals surface area contributed by atoms with Gasteiger partial charge in [-0.25, -0.2) is 0 Å². The van der Waals surface area contributed by atoms with E-state index in [4.69, 9.17) is 14.6 Å². The summed E-state index contributed by atoms with van der Waals surface area (Å²) in [5.74, 6) is 1.88. The Kier molecular flexibility index (Phi) is 6.56. The molecular weight excluding hydrogens is 436 g/mol. The molecule has 0 aliphatic heterocycles. The molecule has 1 heterocycles. The normalized spacial score (nSPS) is 11.2. The lowest BCUT2D eigenvalue weighted by Gasteiger charge is -2.15. The summed E-state index contributed by atoms with van der Waals surface area (Å²) in [5, 5.41) is 19.9. The van der Waals surface area contributed by atoms with Crippen molar-refractivity contribution in [2.24, 2.45) is 0 Å². The number of hydrogen-bond donors (Lipinski definition) is 2. The number of fused-ring (bicyclic) bond motifs is 1. The molecule has 4 aromatic rings. The SMILES string of the molecule is COc1ccc(-c2sc3cc(O)ccc3c2Oc2ccc(CCC(=O)O)cc2)c(C(C)C)c1. The second kappa shape index (κ2) is 9.55. The zero-order valence-corrected chi connectivity index (χ0v) is 19.6. The molecular formula is C27H26O5S. The first kappa shape index (κ1) is 22.7. The molecule has 0 unspecified atom stereocenters. The molecule has 170 valence electrons. The molecule has 0 aliphatic carbocycles. The molecule has 0 spiro atoms. The van der Waals surface area contributed by atoms with Crippen molar-refractivity contribution in [2.75, 3.05) is 7.11 Å². The van der Waals surface area contributed by atoms with Gasteiger partial charge in [0.15, 0.2) is 5.75 Å². The van der Waals surface area contributed by atoms with Gasteiger partial charge in [-0.2, -0.15) is 0 Å². The number of benzene rings is 3. The van der Waals surface area contributed by atoms with Crippen LogP contribution in [0, 0.1) is 0 Å². The standard InChI is InChI=1S/C27H26O5S/c1-16(2)23-15-20(31-3)10-12-21(23)27-26(22-11-7-18(28)14-24(22)33-27)32-19-8-4-17(5-9-19)6-13-25(29)30/h4-5,7-12,14-16,28H,6,13H2,1-3H3,(H,29,30). The largest absolute Gasteiger partial charge is 0.508 e. The summed E-state index contributed by atoms with van der Waals surface area (Å²) < 4.78 is 12.8. The van der Waals surface area contributed by atoms with E-state index in [0.717, 1.165) is 43.2 Å². The topological polar surface area (TPSA) is 76.0 Å². The first-order chi connectivity index (χ1) is 15.9. The number of carbonyl (C=O) groups is 1. The Balaban J connectivity index is 1.79. The minimum absolute atomic E-state index is 0.0957. The highest BCUT2D eigenvalue weighted by molar-refractivity contribution is 7.22. The Hall–Kier alpha value is -3.51. The Morgan fingerprint density at radius 2 is 1.73 bits per heavy atom. The zero-order valence-electron chi connectivity index (χ0n) is 18.8. The highest BCUT2D eigenvalue weighted by Gasteiger charge is 2.20. The van der Waals surface area contributed by atoms with Crippen LogP contribution in [0.4, 0.5) is 0 Å². The smallest absolute Gasteiger partial charge is 0.303 e. The molecule has 0 amide bonds. The Morgan fingerprint density at radius 1 is 1.00 bits per heavy atom. The lowest BCUT2D eigenvalue weighted by atomic mass is 9.95. The molecule has 0 radical (unpaired) electrons. The minimum atomic E-state index is -0.812. The van der Waals surface area contributed by atoms with Crippen molar-refractivity contribution in [3.63, 3.8) is 0 Å². The van der Waals surface area contributed by atoms with Crippen molar-refractivity contribution in [3.05, 3.63) is 71.8 Å². The van der Waals surface area contributed by atoms with E-state index in [-0.39, 0.29) is 18.1 Å². The van der Waals surface area contributed by atoms with E-state index in [1.807, 2.05) is 36.4 Å². The van der Waals surface area contributed by atoms with Gasteiger partial charge in [-0.15, -0.1) is 11.3 Å². The van der Waals surface area contributed by atoms with E-state index >= 15 is 0 Å². The van der Waals surface area contributed by atoms with Gasteiger partial charge in [0.2, 0.25) is 0 Å². The summed E-state index contributed by atoms with van der Waals surface area (Å²) in [6.45, 7) is 4.29. The predicted octanol–water partition coefficient (Wildman–Crippen LogP) is 7.22. The first-order valence-electron chi connectivity index (χ1n) is 10.8. The number of phenols is 1. The van der Waals surface area contributed by atoms with Crippen molar-refractivity contribution in [3.8, 4) is 33.4 Å². The number of aromatic hydroxyl groups is 1. The van der Waals surface area contributed by atoms with E-state index < -0.39 is 5.97 Å². The molecule has 0 aliphatic rings. The fourth-order valence-electron chi connectivity index (χ4n) is 3.79. The number of methoxy groups -OCH3 is 1. The summed E-state index contributed by atoms with van der Waals surface area (Å²) >= 11 is 1.58. The number of ether oxygens (including phenoxy) is 2. The molecule has 4 rings (SSSR count). The molecule has 3 aromatic carbocycles. The van der Waals surface area contributed by atoms with Gasteiger partial charge in [-0.1, -0.05) is 26.0 Å². The van der Waals surface area contributed by atoms with Crippen LogP contribution in [-0.2, 0) is 11.2 Å². The van der Waals surface area contributed by atoms with Crippen LogP contribution in [0.3, 0.4) is 0 Å². The highest BCUT2D eigenvalue weighted by Crippen LogP contribution is 2.49. The molecule has 1 aromatic heterocycles. The summed E-state index contributed by atoms with van der Waals surface area (Å²) in [7, 11) is 1.66. The average molecular weight is 463 g/mol. The van der Waals surface area contributed by atoms with E-state index in [0.29, 0.717) is 12.2 Å². The van der Waals surface area contributed by atoms with Gasteiger partial charge < -0.3 is 19.7 Å². The van der Waals surface area contributed by atoms with Crippen molar-refractivity contribution < 1.29 is 24.5 Å². The van der Waals surface area contributed by atoms with Crippen molar-refractivity contribution in [1.29, 1.82) is 0 Å². The summed E-state index contributed by atoms with van der Waals surface area (Å²) in [6, 6.07) is 18.9. The number of hydrogen-bond acceptors (Lipinski definition) is 5. The Morgan fingerprint density at radius 3 is 2.39 bits per heavy atom. The zero-order chi connectivity index (χ0) is 23.5. The quantitative estimate of drug-likeness (QED) is 0.289. The van der Waals surface area contributed by atoms with Crippen molar-refractivity contribution in [2.45, 2.75) is 32.6 Å². The molecule has 5 nitrogen and oxygen atoms in total. The monoisotopic (exact) mass is 462 g/mol. The fourth-order valence-corrected chi connectivity index (χ4v) is 5.00. The van der Waals surface area contributed by atoms with Gasteiger partial charge in [0.05, 0.1) is 12.0 Å². The van der Waals surface area contributed by atoms with Gasteiger partial charge in [-0.3, -0.25) is 4.79 Å². The third kappa shape index (κ3) is 4.96. The van der Waals surface area contributed by atoms with Crippen LogP contribution >= 0.6 is 11.3 Å². The number of aliphatic carboxylic acids is 1. The van der Waals surface area contributed by atoms with E-state index in [1.54, 1.807) is 30.6 Å². The average Bonchev–Trinajstić information content (AvgIpc) is 3.15. The second-order valence-corrected chi connectivity index (χ2v) is 9.24.